The first-order chi connectivity index (χ1) is 5.70. The van der Waals surface area contributed by atoms with E-state index in [4.69, 9.17) is 15.3 Å². The summed E-state index contributed by atoms with van der Waals surface area (Å²) in [5.74, 6) is -0.666. The van der Waals surface area contributed by atoms with Crippen molar-refractivity contribution in [3.8, 4) is 11.5 Å². The average Bonchev–Trinajstić information content (AvgIpc) is 2.09. The fourth-order valence-electron chi connectivity index (χ4n) is 0.990. The maximum atomic E-state index is 9.19. The van der Waals surface area contributed by atoms with Gasteiger partial charge in [-0.2, -0.15) is 0 Å². The van der Waals surface area contributed by atoms with Crippen molar-refractivity contribution in [2.45, 2.75) is 13.2 Å². The van der Waals surface area contributed by atoms with Crippen molar-refractivity contribution in [1.82, 2.24) is 0 Å². The number of hydrogen-bond donors (Lipinski definition) is 4. The Morgan fingerprint density at radius 1 is 1.00 bits per heavy atom. The van der Waals surface area contributed by atoms with Gasteiger partial charge in [0.25, 0.3) is 0 Å². The third-order valence-electron chi connectivity index (χ3n) is 1.69. The molecule has 1 aromatic carbocycles. The molecule has 0 heterocycles. The number of hydrogen-bond acceptors (Lipinski definition) is 4. The number of aliphatic hydroxyl groups is 2. The van der Waals surface area contributed by atoms with Gasteiger partial charge < -0.3 is 20.4 Å². The molecule has 0 saturated carbocycles. The summed E-state index contributed by atoms with van der Waals surface area (Å²) in [6, 6.07) is 2.71. The van der Waals surface area contributed by atoms with Crippen LogP contribution in [0, 0.1) is 0 Å². The maximum absolute atomic E-state index is 9.19. The Balaban J connectivity index is 3.25. The molecule has 0 spiro atoms. The molecule has 0 bridgehead atoms. The number of aliphatic hydroxyl groups excluding tert-OH is 2. The molecule has 0 atom stereocenters. The number of phenolic OH excluding ortho intramolecular Hbond substituents is 1. The zero-order valence-corrected chi connectivity index (χ0v) is 6.36. The fraction of sp³-hybridized carbons (Fsp3) is 0.250. The van der Waals surface area contributed by atoms with Crippen molar-refractivity contribution in [1.29, 1.82) is 0 Å². The van der Waals surface area contributed by atoms with E-state index >= 15 is 0 Å². The normalized spacial score (nSPS) is 10.2. The van der Waals surface area contributed by atoms with Gasteiger partial charge in [-0.3, -0.25) is 0 Å². The number of aromatic hydroxyl groups is 2. The fourth-order valence-corrected chi connectivity index (χ4v) is 0.990. The molecule has 12 heavy (non-hydrogen) atoms. The van der Waals surface area contributed by atoms with Crippen LogP contribution in [-0.4, -0.2) is 20.4 Å². The van der Waals surface area contributed by atoms with Crippen LogP contribution in [-0.2, 0) is 13.2 Å². The summed E-state index contributed by atoms with van der Waals surface area (Å²) in [5.41, 5.74) is 0.574. The van der Waals surface area contributed by atoms with E-state index in [2.05, 4.69) is 0 Å². The van der Waals surface area contributed by atoms with Gasteiger partial charge in [-0.05, 0) is 11.6 Å². The molecule has 1 aromatic rings. The molecule has 66 valence electrons. The largest absolute Gasteiger partial charge is 0.504 e. The minimum atomic E-state index is -0.407. The second kappa shape index (κ2) is 3.42. The highest BCUT2D eigenvalue weighted by molar-refractivity contribution is 5.48. The molecule has 0 aliphatic heterocycles. The molecular formula is C8H10O4. The highest BCUT2D eigenvalue weighted by Crippen LogP contribution is 2.31. The van der Waals surface area contributed by atoms with Gasteiger partial charge in [-0.25, -0.2) is 0 Å². The highest BCUT2D eigenvalue weighted by Gasteiger charge is 2.09. The summed E-state index contributed by atoms with van der Waals surface area (Å²) < 4.78 is 0. The van der Waals surface area contributed by atoms with Crippen LogP contribution in [0.15, 0.2) is 12.1 Å². The highest BCUT2D eigenvalue weighted by atomic mass is 16.3. The number of phenols is 2. The second-order valence-corrected chi connectivity index (χ2v) is 2.39. The van der Waals surface area contributed by atoms with Crippen molar-refractivity contribution in [3.63, 3.8) is 0 Å². The lowest BCUT2D eigenvalue weighted by molar-refractivity contribution is 0.253. The molecule has 0 unspecified atom stereocenters. The lowest BCUT2D eigenvalue weighted by Crippen LogP contribution is -1.94. The molecule has 0 radical (unpaired) electrons. The van der Waals surface area contributed by atoms with Crippen molar-refractivity contribution in [2.75, 3.05) is 0 Å². The molecule has 4 nitrogen and oxygen atoms in total. The van der Waals surface area contributed by atoms with Crippen LogP contribution in [0.4, 0.5) is 0 Å². The van der Waals surface area contributed by atoms with Crippen molar-refractivity contribution >= 4 is 0 Å². The van der Waals surface area contributed by atoms with E-state index in [1.54, 1.807) is 0 Å². The van der Waals surface area contributed by atoms with Crippen molar-refractivity contribution < 1.29 is 20.4 Å². The summed E-state index contributed by atoms with van der Waals surface area (Å²) in [7, 11) is 0. The standard InChI is InChI=1S/C8H10O4/c9-3-5-1-2-7(11)8(12)6(5)4-10/h1-2,9-12H,3-4H2. The number of benzene rings is 1. The summed E-state index contributed by atoms with van der Waals surface area (Å²) in [5, 5.41) is 35.7. The van der Waals surface area contributed by atoms with E-state index in [9.17, 15) is 5.11 Å². The van der Waals surface area contributed by atoms with Crippen LogP contribution in [0.25, 0.3) is 0 Å². The van der Waals surface area contributed by atoms with Crippen LogP contribution in [0.3, 0.4) is 0 Å². The molecule has 4 N–H and O–H groups in total. The van der Waals surface area contributed by atoms with Gasteiger partial charge in [0, 0.05) is 5.56 Å². The summed E-state index contributed by atoms with van der Waals surface area (Å²) >= 11 is 0. The molecule has 0 aromatic heterocycles. The Morgan fingerprint density at radius 2 is 1.67 bits per heavy atom. The molecule has 4 heteroatoms. The van der Waals surface area contributed by atoms with E-state index in [1.807, 2.05) is 0 Å². The van der Waals surface area contributed by atoms with Crippen LogP contribution in [0.2, 0.25) is 0 Å². The van der Waals surface area contributed by atoms with Gasteiger partial charge in [-0.1, -0.05) is 6.07 Å². The van der Waals surface area contributed by atoms with Crippen LogP contribution < -0.4 is 0 Å². The molecule has 1 rings (SSSR count). The average molecular weight is 170 g/mol. The Kier molecular flexibility index (Phi) is 2.52. The minimum absolute atomic E-state index is 0.164. The lowest BCUT2D eigenvalue weighted by Gasteiger charge is -2.07. The maximum Gasteiger partial charge on any atom is 0.163 e. The molecule has 0 aliphatic rings. The topological polar surface area (TPSA) is 80.9 Å². The summed E-state index contributed by atoms with van der Waals surface area (Å²) in [6.45, 7) is -0.681. The van der Waals surface area contributed by atoms with E-state index in [0.717, 1.165) is 0 Å². The molecule has 0 fully saturated rings. The van der Waals surface area contributed by atoms with E-state index < -0.39 is 6.61 Å². The first kappa shape index (κ1) is 8.83. The third-order valence-corrected chi connectivity index (χ3v) is 1.69. The van der Waals surface area contributed by atoms with Gasteiger partial charge in [0.05, 0.1) is 13.2 Å². The van der Waals surface area contributed by atoms with Crippen LogP contribution >= 0.6 is 0 Å². The molecule has 0 amide bonds. The first-order valence-corrected chi connectivity index (χ1v) is 3.45. The monoisotopic (exact) mass is 170 g/mol. The smallest absolute Gasteiger partial charge is 0.163 e. The van der Waals surface area contributed by atoms with Gasteiger partial charge in [0.15, 0.2) is 11.5 Å². The van der Waals surface area contributed by atoms with Crippen LogP contribution in [0.5, 0.6) is 11.5 Å². The molecule has 0 aliphatic carbocycles. The van der Waals surface area contributed by atoms with Gasteiger partial charge in [0.1, 0.15) is 0 Å². The van der Waals surface area contributed by atoms with Crippen LogP contribution in [0.1, 0.15) is 11.1 Å². The minimum Gasteiger partial charge on any atom is -0.504 e. The Labute approximate surface area is 69.3 Å². The van der Waals surface area contributed by atoms with E-state index in [1.165, 1.54) is 12.1 Å². The molecule has 0 saturated heterocycles. The first-order valence-electron chi connectivity index (χ1n) is 3.45. The van der Waals surface area contributed by atoms with E-state index in [0.29, 0.717) is 5.56 Å². The Morgan fingerprint density at radius 3 is 2.17 bits per heavy atom. The zero-order chi connectivity index (χ0) is 9.14. The molecular weight excluding hydrogens is 160 g/mol. The SMILES string of the molecule is OCc1ccc(O)c(O)c1CO. The van der Waals surface area contributed by atoms with Gasteiger partial charge in [-0.15, -0.1) is 0 Å². The zero-order valence-electron chi connectivity index (χ0n) is 6.36. The van der Waals surface area contributed by atoms with E-state index in [-0.39, 0.29) is 23.7 Å². The summed E-state index contributed by atoms with van der Waals surface area (Å²) in [6.07, 6.45) is 0. The summed E-state index contributed by atoms with van der Waals surface area (Å²) in [4.78, 5) is 0. The second-order valence-electron chi connectivity index (χ2n) is 2.39. The Bertz CT molecular complexity index is 283. The van der Waals surface area contributed by atoms with Gasteiger partial charge in [0.2, 0.25) is 0 Å². The van der Waals surface area contributed by atoms with Crippen molar-refractivity contribution in [3.05, 3.63) is 23.3 Å². The Hall–Kier alpha value is -1.26. The lowest BCUT2D eigenvalue weighted by atomic mass is 10.1. The van der Waals surface area contributed by atoms with Gasteiger partial charge >= 0.3 is 0 Å². The third kappa shape index (κ3) is 1.34. The van der Waals surface area contributed by atoms with Crippen molar-refractivity contribution in [2.24, 2.45) is 0 Å². The predicted molar refractivity (Wildman–Crippen MR) is 41.6 cm³/mol. The number of rotatable bonds is 2. The quantitative estimate of drug-likeness (QED) is 0.474. The predicted octanol–water partition coefficient (Wildman–Crippen LogP) is 0.0824.